The van der Waals surface area contributed by atoms with Gasteiger partial charge in [0.05, 0.1) is 0 Å². The molecule has 114 valence electrons. The fraction of sp³-hybridized carbons (Fsp3) is 0.0714. The predicted octanol–water partition coefficient (Wildman–Crippen LogP) is -0.275. The normalized spacial score (nSPS) is 10.2. The van der Waals surface area contributed by atoms with E-state index in [1.54, 1.807) is 12.1 Å². The average Bonchev–Trinajstić information content (AvgIpc) is 2.94. The summed E-state index contributed by atoms with van der Waals surface area (Å²) < 4.78 is 0. The number of rotatable bonds is 5. The van der Waals surface area contributed by atoms with Gasteiger partial charge >= 0.3 is 0 Å². The number of H-pyrrole nitrogens is 1. The molecule has 8 N–H and O–H groups in total. The molecule has 3 amide bonds. The molecule has 1 aromatic carbocycles. The SMILES string of the molecule is NC(=O)c1cc(N)cc(CNC(=O)c2ccc(C(N)=O)[nH]2)c1. The first kappa shape index (κ1) is 15.1. The third-order valence-corrected chi connectivity index (χ3v) is 2.95. The van der Waals surface area contributed by atoms with Gasteiger partial charge in [0.25, 0.3) is 11.8 Å². The Hall–Kier alpha value is -3.29. The fourth-order valence-corrected chi connectivity index (χ4v) is 1.91. The zero-order valence-corrected chi connectivity index (χ0v) is 11.6. The highest BCUT2D eigenvalue weighted by molar-refractivity contribution is 5.97. The average molecular weight is 301 g/mol. The number of carbonyl (C=O) groups excluding carboxylic acids is 3. The van der Waals surface area contributed by atoms with Crippen LogP contribution in [0.3, 0.4) is 0 Å². The number of carbonyl (C=O) groups is 3. The van der Waals surface area contributed by atoms with Gasteiger partial charge in [-0.1, -0.05) is 0 Å². The molecule has 0 saturated heterocycles. The van der Waals surface area contributed by atoms with E-state index in [9.17, 15) is 14.4 Å². The van der Waals surface area contributed by atoms with Crippen LogP contribution < -0.4 is 22.5 Å². The molecular weight excluding hydrogens is 286 g/mol. The Kier molecular flexibility index (Phi) is 4.12. The highest BCUT2D eigenvalue weighted by atomic mass is 16.2. The number of nitrogens with two attached hydrogens (primary N) is 3. The third-order valence-electron chi connectivity index (χ3n) is 2.95. The lowest BCUT2D eigenvalue weighted by Crippen LogP contribution is -2.24. The van der Waals surface area contributed by atoms with E-state index in [1.807, 2.05) is 0 Å². The van der Waals surface area contributed by atoms with Crippen molar-refractivity contribution in [2.75, 3.05) is 5.73 Å². The Morgan fingerprint density at radius 2 is 1.68 bits per heavy atom. The smallest absolute Gasteiger partial charge is 0.267 e. The first-order valence-electron chi connectivity index (χ1n) is 6.33. The molecule has 0 aliphatic rings. The van der Waals surface area contributed by atoms with Crippen LogP contribution >= 0.6 is 0 Å². The van der Waals surface area contributed by atoms with Crippen molar-refractivity contribution in [2.45, 2.75) is 6.54 Å². The summed E-state index contributed by atoms with van der Waals surface area (Å²) in [5.41, 5.74) is 17.6. The van der Waals surface area contributed by atoms with Gasteiger partial charge in [-0.3, -0.25) is 14.4 Å². The Balaban J connectivity index is 2.07. The van der Waals surface area contributed by atoms with E-state index in [-0.39, 0.29) is 23.5 Å². The van der Waals surface area contributed by atoms with Gasteiger partial charge in [-0.25, -0.2) is 0 Å². The number of amides is 3. The second-order valence-corrected chi connectivity index (χ2v) is 4.66. The first-order chi connectivity index (χ1) is 10.4. The van der Waals surface area contributed by atoms with Crippen molar-refractivity contribution >= 4 is 23.4 Å². The molecule has 0 unspecified atom stereocenters. The van der Waals surface area contributed by atoms with Crippen molar-refractivity contribution in [1.82, 2.24) is 10.3 Å². The summed E-state index contributed by atoms with van der Waals surface area (Å²) in [6.07, 6.45) is 0. The number of benzene rings is 1. The van der Waals surface area contributed by atoms with Gasteiger partial charge in [0.15, 0.2) is 0 Å². The number of hydrogen-bond donors (Lipinski definition) is 5. The highest BCUT2D eigenvalue weighted by Crippen LogP contribution is 2.12. The van der Waals surface area contributed by atoms with Gasteiger partial charge in [-0.15, -0.1) is 0 Å². The number of hydrogen-bond acceptors (Lipinski definition) is 4. The summed E-state index contributed by atoms with van der Waals surface area (Å²) in [6.45, 7) is 0.148. The van der Waals surface area contributed by atoms with Crippen molar-refractivity contribution < 1.29 is 14.4 Å². The molecule has 2 rings (SSSR count). The van der Waals surface area contributed by atoms with Crippen LogP contribution in [0.4, 0.5) is 5.69 Å². The standard InChI is InChI=1S/C14H15N5O3/c15-9-4-7(3-8(5-9)12(16)20)6-18-14(22)11-2-1-10(19-11)13(17)21/h1-5,19H,6,15H2,(H2,16,20)(H2,17,21)(H,18,22). The maximum Gasteiger partial charge on any atom is 0.267 e. The van der Waals surface area contributed by atoms with E-state index in [2.05, 4.69) is 10.3 Å². The summed E-state index contributed by atoms with van der Waals surface area (Å²) in [5.74, 6) is -1.67. The summed E-state index contributed by atoms with van der Waals surface area (Å²) >= 11 is 0. The number of primary amides is 2. The molecule has 1 aromatic heterocycles. The Labute approximate surface area is 125 Å². The Morgan fingerprint density at radius 1 is 1.00 bits per heavy atom. The second kappa shape index (κ2) is 6.00. The molecule has 0 fully saturated rings. The topological polar surface area (TPSA) is 157 Å². The number of nitrogen functional groups attached to an aromatic ring is 1. The minimum absolute atomic E-state index is 0.144. The molecule has 8 nitrogen and oxygen atoms in total. The zero-order valence-electron chi connectivity index (χ0n) is 11.6. The van der Waals surface area contributed by atoms with Gasteiger partial charge in [0.2, 0.25) is 5.91 Å². The fourth-order valence-electron chi connectivity index (χ4n) is 1.91. The lowest BCUT2D eigenvalue weighted by molar-refractivity contribution is 0.0946. The van der Waals surface area contributed by atoms with E-state index in [0.29, 0.717) is 11.3 Å². The van der Waals surface area contributed by atoms with E-state index >= 15 is 0 Å². The van der Waals surface area contributed by atoms with Gasteiger partial charge < -0.3 is 27.5 Å². The quantitative estimate of drug-likeness (QED) is 0.481. The molecule has 0 spiro atoms. The predicted molar refractivity (Wildman–Crippen MR) is 79.9 cm³/mol. The van der Waals surface area contributed by atoms with E-state index in [0.717, 1.165) is 0 Å². The highest BCUT2D eigenvalue weighted by Gasteiger charge is 2.11. The maximum absolute atomic E-state index is 11.9. The monoisotopic (exact) mass is 301 g/mol. The number of nitrogens with one attached hydrogen (secondary N) is 2. The minimum Gasteiger partial charge on any atom is -0.399 e. The number of aromatic amines is 1. The molecule has 1 heterocycles. The summed E-state index contributed by atoms with van der Waals surface area (Å²) in [4.78, 5) is 36.7. The van der Waals surface area contributed by atoms with E-state index in [4.69, 9.17) is 17.2 Å². The molecule has 8 heteroatoms. The Bertz CT molecular complexity index is 751. The van der Waals surface area contributed by atoms with Crippen molar-refractivity contribution in [1.29, 1.82) is 0 Å². The van der Waals surface area contributed by atoms with Crippen LogP contribution in [0.5, 0.6) is 0 Å². The lowest BCUT2D eigenvalue weighted by atomic mass is 10.1. The van der Waals surface area contributed by atoms with Crippen LogP contribution in [0, 0.1) is 0 Å². The van der Waals surface area contributed by atoms with Gasteiger partial charge in [0, 0.05) is 17.8 Å². The summed E-state index contributed by atoms with van der Waals surface area (Å²) in [7, 11) is 0. The molecular formula is C14H15N5O3. The van der Waals surface area contributed by atoms with Crippen molar-refractivity contribution in [3.63, 3.8) is 0 Å². The molecule has 22 heavy (non-hydrogen) atoms. The zero-order chi connectivity index (χ0) is 16.3. The molecule has 0 saturated carbocycles. The minimum atomic E-state index is -0.652. The molecule has 0 aliphatic heterocycles. The number of aromatic nitrogens is 1. The molecule has 0 bridgehead atoms. The van der Waals surface area contributed by atoms with Gasteiger partial charge in [0.1, 0.15) is 11.4 Å². The Morgan fingerprint density at radius 3 is 2.27 bits per heavy atom. The van der Waals surface area contributed by atoms with Crippen LogP contribution in [-0.2, 0) is 6.54 Å². The van der Waals surface area contributed by atoms with Crippen LogP contribution in [0.1, 0.15) is 36.9 Å². The molecule has 2 aromatic rings. The largest absolute Gasteiger partial charge is 0.399 e. The molecule has 0 atom stereocenters. The van der Waals surface area contributed by atoms with E-state index in [1.165, 1.54) is 18.2 Å². The van der Waals surface area contributed by atoms with Gasteiger partial charge in [-0.2, -0.15) is 0 Å². The van der Waals surface area contributed by atoms with Crippen LogP contribution in [0.15, 0.2) is 30.3 Å². The summed E-state index contributed by atoms with van der Waals surface area (Å²) in [6, 6.07) is 7.49. The summed E-state index contributed by atoms with van der Waals surface area (Å²) in [5, 5.41) is 2.63. The molecule has 0 radical (unpaired) electrons. The van der Waals surface area contributed by atoms with Crippen LogP contribution in [0.25, 0.3) is 0 Å². The maximum atomic E-state index is 11.9. The number of anilines is 1. The van der Waals surface area contributed by atoms with E-state index < -0.39 is 17.7 Å². The molecule has 0 aliphatic carbocycles. The third kappa shape index (κ3) is 3.42. The van der Waals surface area contributed by atoms with Crippen molar-refractivity contribution in [3.8, 4) is 0 Å². The van der Waals surface area contributed by atoms with Crippen molar-refractivity contribution in [2.24, 2.45) is 11.5 Å². The van der Waals surface area contributed by atoms with Crippen molar-refractivity contribution in [3.05, 3.63) is 52.8 Å². The van der Waals surface area contributed by atoms with Crippen LogP contribution in [-0.4, -0.2) is 22.7 Å². The van der Waals surface area contributed by atoms with Crippen LogP contribution in [0.2, 0.25) is 0 Å². The lowest BCUT2D eigenvalue weighted by Gasteiger charge is -2.07. The first-order valence-corrected chi connectivity index (χ1v) is 6.33. The van der Waals surface area contributed by atoms with Gasteiger partial charge in [-0.05, 0) is 35.9 Å². The second-order valence-electron chi connectivity index (χ2n) is 4.66.